The van der Waals surface area contributed by atoms with Crippen LogP contribution in [-0.2, 0) is 4.74 Å². The summed E-state index contributed by atoms with van der Waals surface area (Å²) in [5.41, 5.74) is 1.40. The molecule has 0 saturated heterocycles. The van der Waals surface area contributed by atoms with E-state index in [-0.39, 0.29) is 6.61 Å². The maximum Gasteiger partial charge on any atom is 0.338 e. The van der Waals surface area contributed by atoms with Crippen molar-refractivity contribution >= 4 is 11.7 Å². The van der Waals surface area contributed by atoms with E-state index in [1.807, 2.05) is 19.0 Å². The lowest BCUT2D eigenvalue weighted by Crippen LogP contribution is -2.22. The van der Waals surface area contributed by atoms with Gasteiger partial charge in [-0.2, -0.15) is 0 Å². The Balaban J connectivity index is 2.58. The smallest absolute Gasteiger partial charge is 0.338 e. The van der Waals surface area contributed by atoms with Crippen molar-refractivity contribution in [1.29, 1.82) is 0 Å². The SMILES string of the molecule is CN(C)c1ccc(C(=O)OC[C@@H](O)CO)cc1. The molecule has 1 atom stereocenters. The Morgan fingerprint density at radius 3 is 2.41 bits per heavy atom. The Labute approximate surface area is 100 Å². The monoisotopic (exact) mass is 239 g/mol. The van der Waals surface area contributed by atoms with E-state index in [9.17, 15) is 4.79 Å². The standard InChI is InChI=1S/C12H17NO4/c1-13(2)10-5-3-9(4-6-10)12(16)17-8-11(15)7-14/h3-6,11,14-15H,7-8H2,1-2H3/t11-/m0/s1. The van der Waals surface area contributed by atoms with E-state index in [2.05, 4.69) is 0 Å². The molecule has 1 aromatic carbocycles. The van der Waals surface area contributed by atoms with Crippen molar-refractivity contribution in [1.82, 2.24) is 0 Å². The van der Waals surface area contributed by atoms with Crippen molar-refractivity contribution < 1.29 is 19.7 Å². The van der Waals surface area contributed by atoms with E-state index in [0.717, 1.165) is 5.69 Å². The van der Waals surface area contributed by atoms with Gasteiger partial charge >= 0.3 is 5.97 Å². The Hall–Kier alpha value is -1.59. The van der Waals surface area contributed by atoms with Crippen molar-refractivity contribution in [2.45, 2.75) is 6.10 Å². The summed E-state index contributed by atoms with van der Waals surface area (Å²) in [6.45, 7) is -0.627. The second-order valence-electron chi connectivity index (χ2n) is 3.88. The minimum absolute atomic E-state index is 0.204. The lowest BCUT2D eigenvalue weighted by Gasteiger charge is -2.13. The summed E-state index contributed by atoms with van der Waals surface area (Å²) in [4.78, 5) is 13.4. The van der Waals surface area contributed by atoms with Gasteiger partial charge in [-0.15, -0.1) is 0 Å². The number of hydrogen-bond acceptors (Lipinski definition) is 5. The summed E-state index contributed by atoms with van der Waals surface area (Å²) in [7, 11) is 3.82. The summed E-state index contributed by atoms with van der Waals surface area (Å²) in [5.74, 6) is -0.511. The van der Waals surface area contributed by atoms with Gasteiger partial charge in [0.25, 0.3) is 0 Å². The molecule has 0 fully saturated rings. The first-order chi connectivity index (χ1) is 8.04. The highest BCUT2D eigenvalue weighted by molar-refractivity contribution is 5.89. The second kappa shape index (κ2) is 6.22. The third-order valence-corrected chi connectivity index (χ3v) is 2.24. The van der Waals surface area contributed by atoms with Crippen LogP contribution < -0.4 is 4.90 Å². The van der Waals surface area contributed by atoms with Crippen LogP contribution in [0.2, 0.25) is 0 Å². The molecule has 0 aliphatic rings. The summed E-state index contributed by atoms with van der Waals surface area (Å²) in [5, 5.41) is 17.6. The van der Waals surface area contributed by atoms with Crippen LogP contribution in [0.25, 0.3) is 0 Å². The lowest BCUT2D eigenvalue weighted by atomic mass is 10.2. The van der Waals surface area contributed by atoms with Gasteiger partial charge in [-0.1, -0.05) is 0 Å². The van der Waals surface area contributed by atoms with Crippen molar-refractivity contribution in [2.24, 2.45) is 0 Å². The summed E-state index contributed by atoms with van der Waals surface area (Å²) < 4.78 is 4.82. The van der Waals surface area contributed by atoms with Crippen molar-refractivity contribution in [3.63, 3.8) is 0 Å². The van der Waals surface area contributed by atoms with Crippen molar-refractivity contribution in [2.75, 3.05) is 32.2 Å². The van der Waals surface area contributed by atoms with Crippen molar-refractivity contribution in [3.8, 4) is 0 Å². The summed E-state index contributed by atoms with van der Waals surface area (Å²) in [6.07, 6.45) is -1.03. The fourth-order valence-electron chi connectivity index (χ4n) is 1.20. The molecule has 1 rings (SSSR count). The predicted molar refractivity (Wildman–Crippen MR) is 64.1 cm³/mol. The first-order valence-electron chi connectivity index (χ1n) is 5.28. The van der Waals surface area contributed by atoms with Crippen LogP contribution in [0, 0.1) is 0 Å². The molecule has 94 valence electrons. The minimum Gasteiger partial charge on any atom is -0.459 e. The zero-order chi connectivity index (χ0) is 12.8. The topological polar surface area (TPSA) is 70.0 Å². The molecule has 0 aromatic heterocycles. The van der Waals surface area contributed by atoms with Crippen LogP contribution in [0.5, 0.6) is 0 Å². The third-order valence-electron chi connectivity index (χ3n) is 2.24. The van der Waals surface area contributed by atoms with E-state index >= 15 is 0 Å². The zero-order valence-corrected chi connectivity index (χ0v) is 9.96. The van der Waals surface area contributed by atoms with Gasteiger partial charge in [0.2, 0.25) is 0 Å². The molecule has 0 heterocycles. The molecule has 17 heavy (non-hydrogen) atoms. The third kappa shape index (κ3) is 4.05. The van der Waals surface area contributed by atoms with Gasteiger partial charge in [-0.3, -0.25) is 0 Å². The Morgan fingerprint density at radius 1 is 1.35 bits per heavy atom. The lowest BCUT2D eigenvalue weighted by molar-refractivity contribution is 0.00933. The van der Waals surface area contributed by atoms with E-state index in [1.54, 1.807) is 24.3 Å². The number of carbonyl (C=O) groups excluding carboxylic acids is 1. The molecule has 0 aliphatic carbocycles. The molecule has 0 aliphatic heterocycles. The minimum atomic E-state index is -1.03. The van der Waals surface area contributed by atoms with Crippen LogP contribution in [0.15, 0.2) is 24.3 Å². The molecule has 5 nitrogen and oxygen atoms in total. The van der Waals surface area contributed by atoms with Gasteiger partial charge in [-0.05, 0) is 24.3 Å². The average molecular weight is 239 g/mol. The highest BCUT2D eigenvalue weighted by Crippen LogP contribution is 2.12. The second-order valence-corrected chi connectivity index (χ2v) is 3.88. The molecular formula is C12H17NO4. The predicted octanol–water partition coefficient (Wildman–Crippen LogP) is 0.263. The maximum atomic E-state index is 11.5. The molecule has 0 unspecified atom stereocenters. The largest absolute Gasteiger partial charge is 0.459 e. The molecule has 5 heteroatoms. The van der Waals surface area contributed by atoms with Gasteiger partial charge in [0.1, 0.15) is 12.7 Å². The Morgan fingerprint density at radius 2 is 1.94 bits per heavy atom. The summed E-state index contributed by atoms with van der Waals surface area (Å²) in [6, 6.07) is 6.92. The van der Waals surface area contributed by atoms with E-state index in [0.29, 0.717) is 5.56 Å². The molecule has 0 bridgehead atoms. The molecule has 0 spiro atoms. The van der Waals surface area contributed by atoms with Crippen LogP contribution in [0.4, 0.5) is 5.69 Å². The van der Waals surface area contributed by atoms with E-state index < -0.39 is 18.7 Å². The van der Waals surface area contributed by atoms with Crippen LogP contribution in [0.1, 0.15) is 10.4 Å². The van der Waals surface area contributed by atoms with Crippen LogP contribution in [-0.4, -0.2) is 49.6 Å². The number of hydrogen-bond donors (Lipinski definition) is 2. The van der Waals surface area contributed by atoms with Gasteiger partial charge in [0, 0.05) is 19.8 Å². The van der Waals surface area contributed by atoms with Gasteiger partial charge < -0.3 is 19.8 Å². The number of anilines is 1. The first kappa shape index (κ1) is 13.5. The molecular weight excluding hydrogens is 222 g/mol. The number of carbonyl (C=O) groups is 1. The van der Waals surface area contributed by atoms with Gasteiger partial charge in [0.15, 0.2) is 0 Å². The molecule has 0 saturated carbocycles. The molecule has 0 radical (unpaired) electrons. The Kier molecular flexibility index (Phi) is 4.93. The van der Waals surface area contributed by atoms with Crippen molar-refractivity contribution in [3.05, 3.63) is 29.8 Å². The number of aliphatic hydroxyl groups excluding tert-OH is 2. The number of esters is 1. The summed E-state index contributed by atoms with van der Waals surface area (Å²) >= 11 is 0. The fraction of sp³-hybridized carbons (Fsp3) is 0.417. The normalized spacial score (nSPS) is 12.0. The van der Waals surface area contributed by atoms with Crippen LogP contribution in [0.3, 0.4) is 0 Å². The number of benzene rings is 1. The quantitative estimate of drug-likeness (QED) is 0.721. The van der Waals surface area contributed by atoms with Gasteiger partial charge in [0.05, 0.1) is 12.2 Å². The highest BCUT2D eigenvalue weighted by atomic mass is 16.5. The number of ether oxygens (including phenoxy) is 1. The fourth-order valence-corrected chi connectivity index (χ4v) is 1.20. The maximum absolute atomic E-state index is 11.5. The van der Waals surface area contributed by atoms with Gasteiger partial charge in [-0.25, -0.2) is 4.79 Å². The van der Waals surface area contributed by atoms with E-state index in [4.69, 9.17) is 14.9 Å². The molecule has 2 N–H and O–H groups in total. The molecule has 0 amide bonds. The average Bonchev–Trinajstić information content (AvgIpc) is 2.35. The molecule has 1 aromatic rings. The number of nitrogens with zero attached hydrogens (tertiary/aromatic N) is 1. The Bertz CT molecular complexity index is 361. The van der Waals surface area contributed by atoms with Crippen LogP contribution >= 0.6 is 0 Å². The first-order valence-corrected chi connectivity index (χ1v) is 5.28. The van der Waals surface area contributed by atoms with E-state index in [1.165, 1.54) is 0 Å². The number of rotatable bonds is 5. The zero-order valence-electron chi connectivity index (χ0n) is 9.96. The highest BCUT2D eigenvalue weighted by Gasteiger charge is 2.10. The number of aliphatic hydroxyl groups is 2.